The highest BCUT2D eigenvalue weighted by Gasteiger charge is 2.53. The molecule has 4 heteroatoms. The van der Waals surface area contributed by atoms with E-state index in [1.807, 2.05) is 0 Å². The third kappa shape index (κ3) is 2.82. The summed E-state index contributed by atoms with van der Waals surface area (Å²) >= 11 is 0. The highest BCUT2D eigenvalue weighted by Crippen LogP contribution is 2.63. The van der Waals surface area contributed by atoms with E-state index in [4.69, 9.17) is 13.7 Å². The molecule has 0 atom stereocenters. The van der Waals surface area contributed by atoms with Crippen LogP contribution in [-0.2, 0) is 14.7 Å². The van der Waals surface area contributed by atoms with Gasteiger partial charge in [-0.2, -0.15) is 0 Å². The van der Waals surface area contributed by atoms with E-state index in [0.29, 0.717) is 0 Å². The van der Waals surface area contributed by atoms with Crippen LogP contribution in [0.2, 0.25) is 0 Å². The van der Waals surface area contributed by atoms with Gasteiger partial charge in [-0.25, -0.2) is 0 Å². The van der Waals surface area contributed by atoms with Crippen LogP contribution in [0.4, 0.5) is 0 Å². The maximum atomic E-state index is 6.57. The first-order chi connectivity index (χ1) is 19.8. The van der Waals surface area contributed by atoms with Crippen LogP contribution < -0.4 is 5.46 Å². The Hall–Kier alpha value is -4.12. The van der Waals surface area contributed by atoms with E-state index in [9.17, 15) is 0 Å². The van der Waals surface area contributed by atoms with Gasteiger partial charge in [-0.05, 0) is 95.9 Å². The minimum absolute atomic E-state index is 0.375. The zero-order valence-corrected chi connectivity index (χ0v) is 23.6. The molecule has 1 aliphatic heterocycles. The van der Waals surface area contributed by atoms with Crippen LogP contribution in [0.25, 0.3) is 44.2 Å². The molecule has 1 fully saturated rings. The van der Waals surface area contributed by atoms with Gasteiger partial charge in [0.1, 0.15) is 11.2 Å². The van der Waals surface area contributed by atoms with Crippen LogP contribution in [0.15, 0.2) is 108 Å². The second-order valence-corrected chi connectivity index (χ2v) is 12.7. The maximum absolute atomic E-state index is 6.57. The summed E-state index contributed by atoms with van der Waals surface area (Å²) in [5.41, 5.74) is 12.1. The van der Waals surface area contributed by atoms with Crippen LogP contribution >= 0.6 is 0 Å². The van der Waals surface area contributed by atoms with E-state index in [1.165, 1.54) is 44.5 Å². The first-order valence-electron chi connectivity index (χ1n) is 14.5. The van der Waals surface area contributed by atoms with Gasteiger partial charge in [0, 0.05) is 10.8 Å². The standard InChI is InChI=1S/C37H29BO3/c1-35(2)36(3,4)41-38(40-35)22-17-18-33-27(19-22)28-20-26-25-13-7-10-16-31(25)37(32(26)21-34(28)39-33)29-14-8-5-11-23(29)24-12-6-9-15-30(24)37/h5-21H,1-4H3. The van der Waals surface area contributed by atoms with Crippen molar-refractivity contribution in [1.82, 2.24) is 0 Å². The van der Waals surface area contributed by atoms with Crippen molar-refractivity contribution < 1.29 is 13.7 Å². The van der Waals surface area contributed by atoms with Gasteiger partial charge in [-0.1, -0.05) is 84.9 Å². The van der Waals surface area contributed by atoms with Gasteiger partial charge in [0.25, 0.3) is 0 Å². The van der Waals surface area contributed by atoms with Crippen molar-refractivity contribution in [2.24, 2.45) is 0 Å². The summed E-state index contributed by atoms with van der Waals surface area (Å²) in [5, 5.41) is 2.20. The summed E-state index contributed by atoms with van der Waals surface area (Å²) in [7, 11) is -0.417. The van der Waals surface area contributed by atoms with E-state index in [-0.39, 0.29) is 5.41 Å². The van der Waals surface area contributed by atoms with Crippen LogP contribution in [-0.4, -0.2) is 18.3 Å². The fourth-order valence-corrected chi connectivity index (χ4v) is 7.50. The smallest absolute Gasteiger partial charge is 0.456 e. The number of rotatable bonds is 1. The summed E-state index contributed by atoms with van der Waals surface area (Å²) < 4.78 is 19.3. The fraction of sp³-hybridized carbons (Fsp3) is 0.189. The van der Waals surface area contributed by atoms with Crippen molar-refractivity contribution in [3.05, 3.63) is 125 Å². The van der Waals surface area contributed by atoms with Crippen LogP contribution in [0.5, 0.6) is 0 Å². The van der Waals surface area contributed by atoms with Gasteiger partial charge in [-0.3, -0.25) is 0 Å². The van der Waals surface area contributed by atoms with Gasteiger partial charge in [-0.15, -0.1) is 0 Å². The summed E-state index contributed by atoms with van der Waals surface area (Å²) in [6.45, 7) is 8.37. The molecule has 6 aromatic rings. The molecule has 3 aliphatic rings. The Morgan fingerprint density at radius 2 is 1.00 bits per heavy atom. The Morgan fingerprint density at radius 1 is 0.488 bits per heavy atom. The van der Waals surface area contributed by atoms with Gasteiger partial charge in [0.15, 0.2) is 0 Å². The summed E-state index contributed by atoms with van der Waals surface area (Å²) in [4.78, 5) is 0. The molecule has 198 valence electrons. The second kappa shape index (κ2) is 7.58. The molecule has 0 N–H and O–H groups in total. The lowest BCUT2D eigenvalue weighted by atomic mass is 9.70. The summed E-state index contributed by atoms with van der Waals surface area (Å²) in [5.74, 6) is 0. The predicted octanol–water partition coefficient (Wildman–Crippen LogP) is 8.23. The lowest BCUT2D eigenvalue weighted by Crippen LogP contribution is -2.41. The van der Waals surface area contributed by atoms with E-state index in [2.05, 4.69) is 131 Å². The largest absolute Gasteiger partial charge is 0.494 e. The third-order valence-corrected chi connectivity index (χ3v) is 10.1. The molecule has 0 bridgehead atoms. The van der Waals surface area contributed by atoms with Crippen molar-refractivity contribution in [2.75, 3.05) is 0 Å². The molecule has 0 radical (unpaired) electrons. The van der Waals surface area contributed by atoms with Crippen LogP contribution in [0, 0.1) is 0 Å². The van der Waals surface area contributed by atoms with E-state index in [1.54, 1.807) is 0 Å². The molecule has 9 rings (SSSR count). The number of hydrogen-bond donors (Lipinski definition) is 0. The van der Waals surface area contributed by atoms with Crippen LogP contribution in [0.1, 0.15) is 49.9 Å². The zero-order valence-electron chi connectivity index (χ0n) is 23.6. The topological polar surface area (TPSA) is 31.6 Å². The molecule has 41 heavy (non-hydrogen) atoms. The third-order valence-electron chi connectivity index (χ3n) is 10.1. The summed E-state index contributed by atoms with van der Waals surface area (Å²) in [6.07, 6.45) is 0. The van der Waals surface area contributed by atoms with E-state index in [0.717, 1.165) is 27.4 Å². The Bertz CT molecular complexity index is 2020. The Kier molecular flexibility index (Phi) is 4.36. The van der Waals surface area contributed by atoms with Crippen LogP contribution in [0.3, 0.4) is 0 Å². The second-order valence-electron chi connectivity index (χ2n) is 12.7. The molecule has 2 aliphatic carbocycles. The number of benzene rings is 5. The SMILES string of the molecule is CC1(C)OB(c2ccc3oc4cc5c(cc4c3c2)-c2ccccc2C52c3ccccc3-c3ccccc32)OC1(C)C. The number of furan rings is 1. The van der Waals surface area contributed by atoms with E-state index < -0.39 is 18.3 Å². The van der Waals surface area contributed by atoms with Crippen molar-refractivity contribution in [2.45, 2.75) is 44.3 Å². The molecule has 0 unspecified atom stereocenters. The molecule has 1 spiro atoms. The zero-order chi connectivity index (χ0) is 27.7. The molecule has 5 aromatic carbocycles. The first kappa shape index (κ1) is 23.6. The summed E-state index contributed by atoms with van der Waals surface area (Å²) in [6, 6.07) is 37.7. The van der Waals surface area contributed by atoms with Gasteiger partial charge < -0.3 is 13.7 Å². The molecule has 1 saturated heterocycles. The van der Waals surface area contributed by atoms with Crippen molar-refractivity contribution in [3.8, 4) is 22.3 Å². The lowest BCUT2D eigenvalue weighted by Gasteiger charge is -2.32. The number of hydrogen-bond acceptors (Lipinski definition) is 3. The molecular weight excluding hydrogens is 503 g/mol. The van der Waals surface area contributed by atoms with Crippen molar-refractivity contribution in [1.29, 1.82) is 0 Å². The average molecular weight is 532 g/mol. The molecule has 2 heterocycles. The van der Waals surface area contributed by atoms with Crippen molar-refractivity contribution in [3.63, 3.8) is 0 Å². The monoisotopic (exact) mass is 532 g/mol. The average Bonchev–Trinajstić information content (AvgIpc) is 3.64. The van der Waals surface area contributed by atoms with Gasteiger partial charge >= 0.3 is 7.12 Å². The molecule has 0 amide bonds. The fourth-order valence-electron chi connectivity index (χ4n) is 7.50. The minimum Gasteiger partial charge on any atom is -0.456 e. The lowest BCUT2D eigenvalue weighted by molar-refractivity contribution is 0.00578. The highest BCUT2D eigenvalue weighted by molar-refractivity contribution is 6.62. The molecular formula is C37H29BO3. The molecule has 1 aromatic heterocycles. The minimum atomic E-state index is -0.417. The number of fused-ring (bicyclic) bond motifs is 13. The maximum Gasteiger partial charge on any atom is 0.494 e. The molecule has 3 nitrogen and oxygen atoms in total. The highest BCUT2D eigenvalue weighted by atomic mass is 16.7. The van der Waals surface area contributed by atoms with E-state index >= 15 is 0 Å². The van der Waals surface area contributed by atoms with Crippen molar-refractivity contribution >= 4 is 34.5 Å². The predicted molar refractivity (Wildman–Crippen MR) is 166 cm³/mol. The Balaban J connectivity index is 1.31. The first-order valence-corrected chi connectivity index (χ1v) is 14.5. The normalized spacial score (nSPS) is 18.6. The Labute approximate surface area is 239 Å². The van der Waals surface area contributed by atoms with Gasteiger partial charge in [0.05, 0.1) is 16.6 Å². The quantitative estimate of drug-likeness (QED) is 0.200. The Morgan fingerprint density at radius 3 is 1.59 bits per heavy atom. The molecule has 0 saturated carbocycles. The van der Waals surface area contributed by atoms with Gasteiger partial charge in [0.2, 0.25) is 0 Å².